The average Bonchev–Trinajstić information content (AvgIpc) is 2.89. The Balaban J connectivity index is 1.99. The van der Waals surface area contributed by atoms with Gasteiger partial charge < -0.3 is 9.84 Å². The van der Waals surface area contributed by atoms with Crippen LogP contribution in [0.15, 0.2) is 24.5 Å². The summed E-state index contributed by atoms with van der Waals surface area (Å²) in [6, 6.07) is 3.64. The number of aryl methyl sites for hydroxylation is 1. The zero-order valence-corrected chi connectivity index (χ0v) is 10.9. The minimum absolute atomic E-state index is 0.00578. The molecule has 19 heavy (non-hydrogen) atoms. The fraction of sp³-hybridized carbons (Fsp3) is 0.429. The van der Waals surface area contributed by atoms with Crippen molar-refractivity contribution in [1.29, 1.82) is 0 Å². The molecule has 0 bridgehead atoms. The monoisotopic (exact) mass is 259 g/mol. The van der Waals surface area contributed by atoms with E-state index in [1.165, 1.54) is 6.20 Å². The Kier molecular flexibility index (Phi) is 3.21. The second-order valence-electron chi connectivity index (χ2n) is 4.84. The van der Waals surface area contributed by atoms with Gasteiger partial charge in [-0.1, -0.05) is 0 Å². The molecule has 100 valence electrons. The molecule has 0 aromatic carbocycles. The third-order valence-corrected chi connectivity index (χ3v) is 3.41. The summed E-state index contributed by atoms with van der Waals surface area (Å²) in [5.74, 6) is 0.182. The van der Waals surface area contributed by atoms with Gasteiger partial charge in [0.1, 0.15) is 5.75 Å². The molecule has 1 aliphatic rings. The number of aromatic hydroxyl groups is 1. The first-order valence-corrected chi connectivity index (χ1v) is 6.57. The lowest BCUT2D eigenvalue weighted by atomic mass is 10.1. The van der Waals surface area contributed by atoms with Crippen LogP contribution in [0, 0.1) is 6.92 Å². The summed E-state index contributed by atoms with van der Waals surface area (Å²) in [4.78, 5) is 4.31. The lowest BCUT2D eigenvalue weighted by Crippen LogP contribution is -2.20. The minimum Gasteiger partial charge on any atom is -0.506 e. The normalized spacial score (nSPS) is 19.5. The van der Waals surface area contributed by atoms with E-state index >= 15 is 0 Å². The van der Waals surface area contributed by atoms with Crippen LogP contribution < -0.4 is 0 Å². The molecule has 0 spiro atoms. The van der Waals surface area contributed by atoms with Gasteiger partial charge in [0.15, 0.2) is 6.23 Å². The Morgan fingerprint density at radius 2 is 2.32 bits per heavy atom. The van der Waals surface area contributed by atoms with Gasteiger partial charge in [-0.25, -0.2) is 4.68 Å². The predicted octanol–water partition coefficient (Wildman–Crippen LogP) is 2.66. The lowest BCUT2D eigenvalue weighted by molar-refractivity contribution is -0.0384. The molecule has 5 nitrogen and oxygen atoms in total. The van der Waals surface area contributed by atoms with E-state index in [1.807, 2.05) is 17.7 Å². The zero-order valence-electron chi connectivity index (χ0n) is 10.9. The molecule has 1 aliphatic heterocycles. The van der Waals surface area contributed by atoms with E-state index in [9.17, 15) is 5.11 Å². The molecule has 3 rings (SSSR count). The van der Waals surface area contributed by atoms with E-state index in [0.29, 0.717) is 0 Å². The van der Waals surface area contributed by atoms with Crippen molar-refractivity contribution in [3.63, 3.8) is 0 Å². The summed E-state index contributed by atoms with van der Waals surface area (Å²) in [6.07, 6.45) is 6.47. The summed E-state index contributed by atoms with van der Waals surface area (Å²) in [6.45, 7) is 2.72. The van der Waals surface area contributed by atoms with Crippen molar-refractivity contribution in [2.75, 3.05) is 6.61 Å². The van der Waals surface area contributed by atoms with Crippen molar-refractivity contribution in [3.05, 3.63) is 30.1 Å². The first-order chi connectivity index (χ1) is 9.25. The molecule has 0 radical (unpaired) electrons. The predicted molar refractivity (Wildman–Crippen MR) is 70.7 cm³/mol. The highest BCUT2D eigenvalue weighted by atomic mass is 16.5. The van der Waals surface area contributed by atoms with Crippen LogP contribution in [-0.4, -0.2) is 26.5 Å². The van der Waals surface area contributed by atoms with E-state index < -0.39 is 0 Å². The Morgan fingerprint density at radius 3 is 3.05 bits per heavy atom. The zero-order chi connectivity index (χ0) is 13.2. The molecule has 2 aromatic rings. The summed E-state index contributed by atoms with van der Waals surface area (Å²) in [5.41, 5.74) is 2.70. The van der Waals surface area contributed by atoms with Gasteiger partial charge in [-0.3, -0.25) is 4.98 Å². The van der Waals surface area contributed by atoms with Gasteiger partial charge in [-0.2, -0.15) is 5.10 Å². The van der Waals surface area contributed by atoms with E-state index in [4.69, 9.17) is 4.74 Å². The summed E-state index contributed by atoms with van der Waals surface area (Å²) < 4.78 is 7.67. The number of nitrogens with zero attached hydrogens (tertiary/aromatic N) is 3. The van der Waals surface area contributed by atoms with Gasteiger partial charge in [-0.15, -0.1) is 0 Å². The Bertz CT molecular complexity index is 574. The van der Waals surface area contributed by atoms with Crippen LogP contribution in [0.25, 0.3) is 11.4 Å². The number of ether oxygens (including phenoxy) is 1. The van der Waals surface area contributed by atoms with Gasteiger partial charge in [0.25, 0.3) is 0 Å². The third-order valence-electron chi connectivity index (χ3n) is 3.41. The lowest BCUT2D eigenvalue weighted by Gasteiger charge is -2.24. The average molecular weight is 259 g/mol. The third kappa shape index (κ3) is 2.33. The van der Waals surface area contributed by atoms with Crippen molar-refractivity contribution in [2.24, 2.45) is 0 Å². The molecule has 0 aliphatic carbocycles. The van der Waals surface area contributed by atoms with Crippen LogP contribution in [0.4, 0.5) is 0 Å². The van der Waals surface area contributed by atoms with Crippen LogP contribution in [-0.2, 0) is 4.74 Å². The van der Waals surface area contributed by atoms with Gasteiger partial charge in [0.05, 0.1) is 17.6 Å². The molecule has 1 N–H and O–H groups in total. The maximum atomic E-state index is 9.44. The Morgan fingerprint density at radius 1 is 1.42 bits per heavy atom. The molecule has 1 atom stereocenters. The van der Waals surface area contributed by atoms with Crippen molar-refractivity contribution >= 4 is 0 Å². The maximum Gasteiger partial charge on any atom is 0.150 e. The van der Waals surface area contributed by atoms with Crippen molar-refractivity contribution in [3.8, 4) is 17.1 Å². The standard InChI is InChI=1S/C14H17N3O2/c1-10-8-11(18)9-15-14(10)12-5-6-16-17(12)13-4-2-3-7-19-13/h5-6,8-9,13,18H,2-4,7H2,1H3. The second kappa shape index (κ2) is 5.01. The van der Waals surface area contributed by atoms with Crippen LogP contribution in [0.3, 0.4) is 0 Å². The molecule has 1 unspecified atom stereocenters. The van der Waals surface area contributed by atoms with Crippen LogP contribution in [0.5, 0.6) is 5.75 Å². The van der Waals surface area contributed by atoms with Gasteiger partial charge in [-0.05, 0) is 43.9 Å². The molecule has 0 amide bonds. The highest BCUT2D eigenvalue weighted by molar-refractivity contribution is 5.59. The number of pyridine rings is 1. The van der Waals surface area contributed by atoms with E-state index in [2.05, 4.69) is 10.1 Å². The Hall–Kier alpha value is -1.88. The van der Waals surface area contributed by atoms with Crippen molar-refractivity contribution in [2.45, 2.75) is 32.4 Å². The van der Waals surface area contributed by atoms with Gasteiger partial charge in [0, 0.05) is 12.8 Å². The number of hydrogen-bond acceptors (Lipinski definition) is 4. The minimum atomic E-state index is -0.00578. The molecule has 0 saturated carbocycles. The SMILES string of the molecule is Cc1cc(O)cnc1-c1ccnn1C1CCCCO1. The first kappa shape index (κ1) is 12.2. The number of aromatic nitrogens is 3. The molecule has 1 saturated heterocycles. The smallest absolute Gasteiger partial charge is 0.150 e. The van der Waals surface area contributed by atoms with Crippen molar-refractivity contribution in [1.82, 2.24) is 14.8 Å². The van der Waals surface area contributed by atoms with Gasteiger partial charge >= 0.3 is 0 Å². The van der Waals surface area contributed by atoms with Crippen LogP contribution >= 0.6 is 0 Å². The maximum absolute atomic E-state index is 9.44. The summed E-state index contributed by atoms with van der Waals surface area (Å²) >= 11 is 0. The second-order valence-corrected chi connectivity index (χ2v) is 4.84. The summed E-state index contributed by atoms with van der Waals surface area (Å²) in [5, 5.41) is 13.8. The van der Waals surface area contributed by atoms with E-state index in [1.54, 1.807) is 12.3 Å². The van der Waals surface area contributed by atoms with E-state index in [0.717, 1.165) is 42.8 Å². The fourth-order valence-electron chi connectivity index (χ4n) is 2.48. The summed E-state index contributed by atoms with van der Waals surface area (Å²) in [7, 11) is 0. The fourth-order valence-corrected chi connectivity index (χ4v) is 2.48. The van der Waals surface area contributed by atoms with Crippen molar-refractivity contribution < 1.29 is 9.84 Å². The Labute approximate surface area is 111 Å². The quantitative estimate of drug-likeness (QED) is 0.900. The largest absolute Gasteiger partial charge is 0.506 e. The highest BCUT2D eigenvalue weighted by Crippen LogP contribution is 2.29. The molecular formula is C14H17N3O2. The molecule has 2 aromatic heterocycles. The van der Waals surface area contributed by atoms with Crippen LogP contribution in [0.2, 0.25) is 0 Å². The number of rotatable bonds is 2. The number of hydrogen-bond donors (Lipinski definition) is 1. The highest BCUT2D eigenvalue weighted by Gasteiger charge is 2.20. The van der Waals surface area contributed by atoms with E-state index in [-0.39, 0.29) is 12.0 Å². The van der Waals surface area contributed by atoms with Gasteiger partial charge in [0.2, 0.25) is 0 Å². The molecular weight excluding hydrogens is 242 g/mol. The molecule has 3 heterocycles. The topological polar surface area (TPSA) is 60.2 Å². The molecule has 1 fully saturated rings. The van der Waals surface area contributed by atoms with Crippen LogP contribution in [0.1, 0.15) is 31.1 Å². The first-order valence-electron chi connectivity index (χ1n) is 6.57. The molecule has 5 heteroatoms.